The fourth-order valence-corrected chi connectivity index (χ4v) is 6.45. The zero-order chi connectivity index (χ0) is 26.9. The second-order valence-corrected chi connectivity index (χ2v) is 10.9. The Morgan fingerprint density at radius 2 is 1.89 bits per heavy atom. The Morgan fingerprint density at radius 3 is 2.71 bits per heavy atom. The second kappa shape index (κ2) is 11.0. The number of rotatable bonds is 6. The number of aryl methyl sites for hydroxylation is 2. The third-order valence-electron chi connectivity index (χ3n) is 8.31. The van der Waals surface area contributed by atoms with E-state index in [2.05, 4.69) is 0 Å². The van der Waals surface area contributed by atoms with E-state index in [0.29, 0.717) is 32.5 Å². The van der Waals surface area contributed by atoms with Crippen LogP contribution < -0.4 is 4.90 Å². The molecule has 1 unspecified atom stereocenters. The predicted molar refractivity (Wildman–Crippen MR) is 142 cm³/mol. The van der Waals surface area contributed by atoms with Crippen molar-refractivity contribution in [1.29, 1.82) is 0 Å². The number of aliphatic hydroxyl groups is 1. The maximum atomic E-state index is 14.4. The van der Waals surface area contributed by atoms with Gasteiger partial charge in [0.1, 0.15) is 17.6 Å². The number of cyclic esters (lactones) is 1. The average Bonchev–Trinajstić information content (AvgIpc) is 3.28. The van der Waals surface area contributed by atoms with Crippen LogP contribution in [0.15, 0.2) is 42.5 Å². The lowest BCUT2D eigenvalue weighted by atomic mass is 9.78. The molecule has 0 radical (unpaired) electrons. The van der Waals surface area contributed by atoms with Gasteiger partial charge in [-0.25, -0.2) is 0 Å². The first-order valence-electron chi connectivity index (χ1n) is 13.9. The number of amides is 2. The molecule has 1 aromatic rings. The van der Waals surface area contributed by atoms with Crippen LogP contribution in [0.2, 0.25) is 0 Å². The number of fused-ring (bicyclic) bond motifs is 2. The standard InChI is InChI=1S/C30H38N2O6/c1-20-12-13-21(2)22(19-20)31-16-10-14-30-25(24-23(38-30)11-6-3-4-9-18-37-29(24)36)27(34)32(26(30)28(31)35)15-7-5-8-17-33/h6,10-14,19,23-26,33H,3-5,7-9,15-18H2,1-2H3/b11-6-/t23-,24+,25+,26?,30+/m1/s1. The molecule has 1 aromatic carbocycles. The molecule has 8 heteroatoms. The number of allylic oxidation sites excluding steroid dienone is 1. The quantitative estimate of drug-likeness (QED) is 0.350. The highest BCUT2D eigenvalue weighted by molar-refractivity contribution is 6.05. The van der Waals surface area contributed by atoms with E-state index in [1.54, 1.807) is 9.80 Å². The van der Waals surface area contributed by atoms with Gasteiger partial charge in [-0.15, -0.1) is 0 Å². The number of likely N-dealkylation sites (tertiary alicyclic amines) is 1. The number of aliphatic hydroxyl groups excluding tert-OH is 1. The summed E-state index contributed by atoms with van der Waals surface area (Å²) in [6, 6.07) is 5.11. The van der Waals surface area contributed by atoms with Crippen LogP contribution in [-0.4, -0.2) is 71.8 Å². The minimum Gasteiger partial charge on any atom is -0.465 e. The number of unbranched alkanes of at least 4 members (excludes halogenated alkanes) is 2. The van der Waals surface area contributed by atoms with Crippen LogP contribution in [0.4, 0.5) is 5.69 Å². The lowest BCUT2D eigenvalue weighted by Crippen LogP contribution is -2.55. The maximum absolute atomic E-state index is 14.4. The van der Waals surface area contributed by atoms with Crippen LogP contribution >= 0.6 is 0 Å². The van der Waals surface area contributed by atoms with Gasteiger partial charge in [-0.3, -0.25) is 14.4 Å². The number of anilines is 1. The summed E-state index contributed by atoms with van der Waals surface area (Å²) >= 11 is 0. The molecule has 1 N–H and O–H groups in total. The van der Waals surface area contributed by atoms with Crippen molar-refractivity contribution in [2.45, 2.75) is 70.1 Å². The molecule has 204 valence electrons. The number of hydrogen-bond donors (Lipinski definition) is 1. The fourth-order valence-electron chi connectivity index (χ4n) is 6.45. The maximum Gasteiger partial charge on any atom is 0.312 e. The van der Waals surface area contributed by atoms with Crippen LogP contribution in [0.5, 0.6) is 0 Å². The molecule has 5 atom stereocenters. The minimum atomic E-state index is -1.26. The Bertz CT molecular complexity index is 1150. The lowest BCUT2D eigenvalue weighted by Gasteiger charge is -2.35. The highest BCUT2D eigenvalue weighted by Gasteiger charge is 2.71. The zero-order valence-electron chi connectivity index (χ0n) is 22.3. The van der Waals surface area contributed by atoms with Gasteiger partial charge in [0.2, 0.25) is 5.91 Å². The smallest absolute Gasteiger partial charge is 0.312 e. The summed E-state index contributed by atoms with van der Waals surface area (Å²) < 4.78 is 12.3. The second-order valence-electron chi connectivity index (χ2n) is 10.9. The topological polar surface area (TPSA) is 96.4 Å². The van der Waals surface area contributed by atoms with Crippen molar-refractivity contribution in [3.8, 4) is 0 Å². The zero-order valence-corrected chi connectivity index (χ0v) is 22.3. The van der Waals surface area contributed by atoms with Crippen LogP contribution in [-0.2, 0) is 23.9 Å². The Morgan fingerprint density at radius 1 is 1.05 bits per heavy atom. The molecule has 4 aliphatic rings. The molecule has 2 fully saturated rings. The SMILES string of the molecule is Cc1ccc(C)c(N2CC=C[C@]34O[C@@H]5/C=C\CCCCOC(=O)[C@@H]5[C@H]3C(=O)N(CCCCCO)C4C2=O)c1. The van der Waals surface area contributed by atoms with E-state index >= 15 is 0 Å². The van der Waals surface area contributed by atoms with E-state index in [-0.39, 0.29) is 18.4 Å². The number of hydrogen-bond acceptors (Lipinski definition) is 6. The molecule has 0 aromatic heterocycles. The monoisotopic (exact) mass is 522 g/mol. The largest absolute Gasteiger partial charge is 0.465 e. The number of esters is 1. The first-order chi connectivity index (χ1) is 18.4. The number of benzene rings is 1. The molecule has 38 heavy (non-hydrogen) atoms. The van der Waals surface area contributed by atoms with Gasteiger partial charge in [0.15, 0.2) is 0 Å². The molecule has 4 heterocycles. The highest BCUT2D eigenvalue weighted by Crippen LogP contribution is 2.53. The Hall–Kier alpha value is -2.97. The van der Waals surface area contributed by atoms with Crippen molar-refractivity contribution < 1.29 is 29.0 Å². The minimum absolute atomic E-state index is 0.0804. The molecule has 0 saturated carbocycles. The molecule has 1 spiro atoms. The van der Waals surface area contributed by atoms with E-state index in [1.165, 1.54) is 0 Å². The summed E-state index contributed by atoms with van der Waals surface area (Å²) in [5.74, 6) is -2.54. The molecule has 0 aliphatic carbocycles. The molecule has 2 amide bonds. The molecule has 8 nitrogen and oxygen atoms in total. The van der Waals surface area contributed by atoms with Crippen molar-refractivity contribution in [1.82, 2.24) is 4.90 Å². The third-order valence-corrected chi connectivity index (χ3v) is 8.31. The fraction of sp³-hybridized carbons (Fsp3) is 0.567. The van der Waals surface area contributed by atoms with Gasteiger partial charge in [0.05, 0.1) is 18.6 Å². The first-order valence-corrected chi connectivity index (χ1v) is 13.9. The van der Waals surface area contributed by atoms with Crippen molar-refractivity contribution in [2.24, 2.45) is 11.8 Å². The van der Waals surface area contributed by atoms with Gasteiger partial charge < -0.3 is 24.4 Å². The summed E-state index contributed by atoms with van der Waals surface area (Å²) in [5, 5.41) is 9.24. The molecule has 0 bridgehead atoms. The van der Waals surface area contributed by atoms with Crippen LogP contribution in [0.3, 0.4) is 0 Å². The summed E-state index contributed by atoms with van der Waals surface area (Å²) in [6.07, 6.45) is 11.5. The van der Waals surface area contributed by atoms with Gasteiger partial charge in [0, 0.05) is 25.4 Å². The molecule has 4 aliphatic heterocycles. The number of ether oxygens (including phenoxy) is 2. The van der Waals surface area contributed by atoms with Gasteiger partial charge in [-0.05, 0) is 69.6 Å². The summed E-state index contributed by atoms with van der Waals surface area (Å²) in [4.78, 5) is 45.3. The molecule has 2 saturated heterocycles. The van der Waals surface area contributed by atoms with Gasteiger partial charge >= 0.3 is 5.97 Å². The van der Waals surface area contributed by atoms with E-state index < -0.39 is 35.6 Å². The highest BCUT2D eigenvalue weighted by atomic mass is 16.6. The third kappa shape index (κ3) is 4.58. The van der Waals surface area contributed by atoms with Crippen LogP contribution in [0, 0.1) is 25.7 Å². The average molecular weight is 523 g/mol. The summed E-state index contributed by atoms with van der Waals surface area (Å²) in [7, 11) is 0. The number of carbonyl (C=O) groups excluding carboxylic acids is 3. The van der Waals surface area contributed by atoms with E-state index in [0.717, 1.165) is 42.5 Å². The molecular formula is C30H38N2O6. The first kappa shape index (κ1) is 26.6. The van der Waals surface area contributed by atoms with Crippen molar-refractivity contribution in [3.63, 3.8) is 0 Å². The van der Waals surface area contributed by atoms with Crippen LogP contribution in [0.1, 0.15) is 49.7 Å². The van der Waals surface area contributed by atoms with Crippen molar-refractivity contribution in [3.05, 3.63) is 53.6 Å². The Kier molecular flexibility index (Phi) is 7.73. The number of nitrogens with zero attached hydrogens (tertiary/aromatic N) is 2. The van der Waals surface area contributed by atoms with E-state index in [1.807, 2.05) is 56.4 Å². The molecule has 5 rings (SSSR count). The van der Waals surface area contributed by atoms with Crippen molar-refractivity contribution in [2.75, 3.05) is 31.2 Å². The predicted octanol–water partition coefficient (Wildman–Crippen LogP) is 3.23. The van der Waals surface area contributed by atoms with E-state index in [4.69, 9.17) is 9.47 Å². The summed E-state index contributed by atoms with van der Waals surface area (Å²) in [5.41, 5.74) is 1.56. The summed E-state index contributed by atoms with van der Waals surface area (Å²) in [6.45, 7) is 5.06. The Labute approximate surface area is 224 Å². The Balaban J connectivity index is 1.58. The molecular weight excluding hydrogens is 484 g/mol. The van der Waals surface area contributed by atoms with Gasteiger partial charge in [-0.1, -0.05) is 36.4 Å². The lowest BCUT2D eigenvalue weighted by molar-refractivity contribution is -0.154. The van der Waals surface area contributed by atoms with E-state index in [9.17, 15) is 19.5 Å². The van der Waals surface area contributed by atoms with Crippen LogP contribution in [0.25, 0.3) is 0 Å². The van der Waals surface area contributed by atoms with Gasteiger partial charge in [0.25, 0.3) is 5.91 Å². The number of carbonyl (C=O) groups is 3. The van der Waals surface area contributed by atoms with Gasteiger partial charge in [-0.2, -0.15) is 0 Å². The van der Waals surface area contributed by atoms with Crippen molar-refractivity contribution >= 4 is 23.5 Å². The normalized spacial score (nSPS) is 31.9.